The van der Waals surface area contributed by atoms with Gasteiger partial charge in [-0.3, -0.25) is 0 Å². The van der Waals surface area contributed by atoms with Crippen LogP contribution >= 0.6 is 15.9 Å². The molecule has 0 saturated heterocycles. The molecule has 1 heterocycles. The third kappa shape index (κ3) is 3.62. The maximum atomic E-state index is 5.71. The van der Waals surface area contributed by atoms with Gasteiger partial charge in [0.15, 0.2) is 11.5 Å². The van der Waals surface area contributed by atoms with Gasteiger partial charge in [0, 0.05) is 13.0 Å². The minimum absolute atomic E-state index is 0.661. The topological polar surface area (TPSA) is 30.5 Å². The molecule has 1 N–H and O–H groups in total. The number of hydrogen-bond acceptors (Lipinski definition) is 3. The molecule has 2 rings (SSSR count). The summed E-state index contributed by atoms with van der Waals surface area (Å²) >= 11 is 3.56. The molecule has 0 spiro atoms. The first-order chi connectivity index (χ1) is 8.66. The first-order valence-corrected chi connectivity index (χ1v) is 7.25. The lowest BCUT2D eigenvalue weighted by molar-refractivity contribution is 0.296. The van der Waals surface area contributed by atoms with Crippen molar-refractivity contribution in [3.63, 3.8) is 0 Å². The van der Waals surface area contributed by atoms with Gasteiger partial charge in [0.2, 0.25) is 0 Å². The second kappa shape index (κ2) is 6.43. The van der Waals surface area contributed by atoms with Gasteiger partial charge >= 0.3 is 0 Å². The monoisotopic (exact) mass is 313 g/mol. The van der Waals surface area contributed by atoms with Crippen LogP contribution in [0.25, 0.3) is 0 Å². The van der Waals surface area contributed by atoms with E-state index in [0.29, 0.717) is 5.92 Å². The average molecular weight is 314 g/mol. The van der Waals surface area contributed by atoms with Gasteiger partial charge in [0.05, 0.1) is 17.7 Å². The molecule has 1 aromatic rings. The van der Waals surface area contributed by atoms with E-state index >= 15 is 0 Å². The van der Waals surface area contributed by atoms with E-state index in [1.54, 1.807) is 0 Å². The van der Waals surface area contributed by atoms with Gasteiger partial charge in [-0.1, -0.05) is 13.8 Å². The largest absolute Gasteiger partial charge is 0.490 e. The highest BCUT2D eigenvalue weighted by Crippen LogP contribution is 2.38. The van der Waals surface area contributed by atoms with Gasteiger partial charge in [-0.2, -0.15) is 0 Å². The number of nitrogens with one attached hydrogen (secondary N) is 1. The summed E-state index contributed by atoms with van der Waals surface area (Å²) < 4.78 is 12.4. The number of rotatable bonds is 4. The average Bonchev–Trinajstić information content (AvgIpc) is 2.54. The minimum Gasteiger partial charge on any atom is -0.490 e. The Hall–Kier alpha value is -0.740. The summed E-state index contributed by atoms with van der Waals surface area (Å²) in [4.78, 5) is 0. The molecular formula is C14H20BrNO2. The van der Waals surface area contributed by atoms with Crippen LogP contribution in [-0.2, 0) is 6.54 Å². The zero-order chi connectivity index (χ0) is 13.0. The van der Waals surface area contributed by atoms with Crippen LogP contribution in [0.3, 0.4) is 0 Å². The van der Waals surface area contributed by atoms with Crippen LogP contribution in [0.15, 0.2) is 16.6 Å². The highest BCUT2D eigenvalue weighted by molar-refractivity contribution is 9.10. The van der Waals surface area contributed by atoms with Gasteiger partial charge in [-0.05, 0) is 46.1 Å². The van der Waals surface area contributed by atoms with Gasteiger partial charge in [-0.25, -0.2) is 0 Å². The summed E-state index contributed by atoms with van der Waals surface area (Å²) in [5, 5.41) is 3.43. The Morgan fingerprint density at radius 1 is 1.28 bits per heavy atom. The number of ether oxygens (including phenoxy) is 2. The van der Waals surface area contributed by atoms with E-state index < -0.39 is 0 Å². The predicted molar refractivity (Wildman–Crippen MR) is 76.3 cm³/mol. The minimum atomic E-state index is 0.661. The molecule has 1 aliphatic heterocycles. The van der Waals surface area contributed by atoms with Gasteiger partial charge in [0.1, 0.15) is 0 Å². The number of fused-ring (bicyclic) bond motifs is 1. The van der Waals surface area contributed by atoms with Crippen LogP contribution in [0.2, 0.25) is 0 Å². The third-order valence-electron chi connectivity index (χ3n) is 2.74. The summed E-state index contributed by atoms with van der Waals surface area (Å²) in [5.41, 5.74) is 1.21. The first kappa shape index (κ1) is 13.7. The highest BCUT2D eigenvalue weighted by atomic mass is 79.9. The fraction of sp³-hybridized carbons (Fsp3) is 0.571. The molecule has 0 radical (unpaired) electrons. The van der Waals surface area contributed by atoms with E-state index in [-0.39, 0.29) is 0 Å². The molecule has 18 heavy (non-hydrogen) atoms. The van der Waals surface area contributed by atoms with Gasteiger partial charge in [-0.15, -0.1) is 0 Å². The summed E-state index contributed by atoms with van der Waals surface area (Å²) in [5.74, 6) is 2.34. The summed E-state index contributed by atoms with van der Waals surface area (Å²) in [6.45, 7) is 7.73. The van der Waals surface area contributed by atoms with Crippen molar-refractivity contribution in [1.82, 2.24) is 5.32 Å². The maximum Gasteiger partial charge on any atom is 0.175 e. The van der Waals surface area contributed by atoms with Gasteiger partial charge in [0.25, 0.3) is 0 Å². The van der Waals surface area contributed by atoms with E-state index in [2.05, 4.69) is 47.2 Å². The Labute approximate surface area is 117 Å². The molecule has 1 aromatic carbocycles. The molecule has 0 fully saturated rings. The fourth-order valence-electron chi connectivity index (χ4n) is 1.89. The number of hydrogen-bond donors (Lipinski definition) is 1. The third-order valence-corrected chi connectivity index (χ3v) is 3.33. The summed E-state index contributed by atoms with van der Waals surface area (Å²) in [7, 11) is 0. The van der Waals surface area contributed by atoms with Crippen molar-refractivity contribution in [1.29, 1.82) is 0 Å². The second-order valence-corrected chi connectivity index (χ2v) is 5.83. The zero-order valence-electron chi connectivity index (χ0n) is 11.0. The van der Waals surface area contributed by atoms with E-state index in [9.17, 15) is 0 Å². The fourth-order valence-corrected chi connectivity index (χ4v) is 2.50. The van der Waals surface area contributed by atoms with Crippen LogP contribution in [-0.4, -0.2) is 19.8 Å². The number of benzene rings is 1. The number of halogens is 1. The Morgan fingerprint density at radius 2 is 2.06 bits per heavy atom. The quantitative estimate of drug-likeness (QED) is 0.924. The van der Waals surface area contributed by atoms with E-state index in [4.69, 9.17) is 9.47 Å². The first-order valence-electron chi connectivity index (χ1n) is 6.45. The van der Waals surface area contributed by atoms with Crippen LogP contribution < -0.4 is 14.8 Å². The molecule has 0 aromatic heterocycles. The van der Waals surface area contributed by atoms with Gasteiger partial charge < -0.3 is 14.8 Å². The lowest BCUT2D eigenvalue weighted by atomic mass is 10.2. The van der Waals surface area contributed by atoms with E-state index in [1.165, 1.54) is 5.56 Å². The van der Waals surface area contributed by atoms with Crippen molar-refractivity contribution >= 4 is 15.9 Å². The lowest BCUT2D eigenvalue weighted by Gasteiger charge is -2.13. The van der Waals surface area contributed by atoms with E-state index in [0.717, 1.165) is 48.7 Å². The molecule has 0 atom stereocenters. The van der Waals surface area contributed by atoms with Crippen LogP contribution in [0, 0.1) is 5.92 Å². The van der Waals surface area contributed by atoms with Crippen molar-refractivity contribution in [2.24, 2.45) is 5.92 Å². The van der Waals surface area contributed by atoms with Crippen molar-refractivity contribution in [3.8, 4) is 11.5 Å². The van der Waals surface area contributed by atoms with Crippen molar-refractivity contribution in [2.75, 3.05) is 19.8 Å². The second-order valence-electron chi connectivity index (χ2n) is 4.98. The predicted octanol–water partition coefficient (Wildman–Crippen LogP) is 3.36. The van der Waals surface area contributed by atoms with Crippen LogP contribution in [0.4, 0.5) is 0 Å². The molecule has 4 heteroatoms. The standard InChI is InChI=1S/C14H20BrNO2/c1-10(2)8-16-9-11-6-12(15)14-13(7-11)17-4-3-5-18-14/h6-7,10,16H,3-5,8-9H2,1-2H3. The molecule has 1 aliphatic rings. The molecule has 3 nitrogen and oxygen atoms in total. The smallest absolute Gasteiger partial charge is 0.175 e. The molecule has 0 amide bonds. The lowest BCUT2D eigenvalue weighted by Crippen LogP contribution is -2.19. The molecule has 0 aliphatic carbocycles. The zero-order valence-corrected chi connectivity index (χ0v) is 12.5. The maximum absolute atomic E-state index is 5.71. The molecule has 0 saturated carbocycles. The Bertz CT molecular complexity index is 407. The summed E-state index contributed by atoms with van der Waals surface area (Å²) in [6, 6.07) is 4.17. The summed E-state index contributed by atoms with van der Waals surface area (Å²) in [6.07, 6.45) is 0.933. The van der Waals surface area contributed by atoms with Crippen LogP contribution in [0.5, 0.6) is 11.5 Å². The highest BCUT2D eigenvalue weighted by Gasteiger charge is 2.15. The SMILES string of the molecule is CC(C)CNCc1cc(Br)c2c(c1)OCCCO2. The molecular weight excluding hydrogens is 294 g/mol. The van der Waals surface area contributed by atoms with Crippen molar-refractivity contribution in [2.45, 2.75) is 26.8 Å². The van der Waals surface area contributed by atoms with Crippen molar-refractivity contribution < 1.29 is 9.47 Å². The molecule has 100 valence electrons. The Morgan fingerprint density at radius 3 is 2.83 bits per heavy atom. The van der Waals surface area contributed by atoms with Crippen LogP contribution in [0.1, 0.15) is 25.8 Å². The van der Waals surface area contributed by atoms with E-state index in [1.807, 2.05) is 0 Å². The van der Waals surface area contributed by atoms with Crippen molar-refractivity contribution in [3.05, 3.63) is 22.2 Å². The Kier molecular flexibility index (Phi) is 4.89. The molecule has 0 bridgehead atoms. The Balaban J connectivity index is 2.08. The normalized spacial score (nSPS) is 14.7. The molecule has 0 unspecified atom stereocenters.